The van der Waals surface area contributed by atoms with E-state index in [0.29, 0.717) is 25.0 Å². The van der Waals surface area contributed by atoms with E-state index in [0.717, 1.165) is 6.42 Å². The number of amides is 2. The molecular weight excluding hydrogens is 273 g/mol. The monoisotopic (exact) mass is 286 g/mol. The maximum atomic E-state index is 13.1. The molecule has 1 aromatic carbocycles. The molecule has 0 aromatic heterocycles. The smallest absolute Gasteiger partial charge is 0.254 e. The predicted octanol–water partition coefficient (Wildman–Crippen LogP) is 1.58. The first-order valence-electron chi connectivity index (χ1n) is 6.16. The topological polar surface area (TPSA) is 63.4 Å². The maximum absolute atomic E-state index is 13.1. The molecule has 1 aromatic rings. The third kappa shape index (κ3) is 2.61. The van der Waals surface area contributed by atoms with Crippen LogP contribution in [0.3, 0.4) is 0 Å². The maximum Gasteiger partial charge on any atom is 0.254 e. The van der Waals surface area contributed by atoms with Gasteiger partial charge in [-0.2, -0.15) is 0 Å². The van der Waals surface area contributed by atoms with Crippen molar-refractivity contribution in [2.24, 2.45) is 5.73 Å². The highest BCUT2D eigenvalue weighted by atomic mass is 19.2. The molecular formula is C13H13F3N2O2. The van der Waals surface area contributed by atoms with Crippen molar-refractivity contribution >= 4 is 11.8 Å². The van der Waals surface area contributed by atoms with E-state index in [-0.39, 0.29) is 12.1 Å². The van der Waals surface area contributed by atoms with E-state index < -0.39 is 35.3 Å². The Bertz CT molecular complexity index is 540. The molecule has 1 aliphatic rings. The second-order valence-electron chi connectivity index (χ2n) is 4.67. The van der Waals surface area contributed by atoms with E-state index in [1.807, 2.05) is 0 Å². The van der Waals surface area contributed by atoms with Crippen LogP contribution in [0, 0.1) is 17.5 Å². The number of piperidine rings is 1. The van der Waals surface area contributed by atoms with E-state index in [2.05, 4.69) is 0 Å². The quantitative estimate of drug-likeness (QED) is 0.839. The minimum absolute atomic E-state index is 0.271. The van der Waals surface area contributed by atoms with Gasteiger partial charge >= 0.3 is 0 Å². The van der Waals surface area contributed by atoms with Crippen LogP contribution in [0.4, 0.5) is 13.2 Å². The number of rotatable bonds is 2. The van der Waals surface area contributed by atoms with Crippen LogP contribution in [0.15, 0.2) is 12.1 Å². The van der Waals surface area contributed by atoms with Crippen molar-refractivity contribution in [3.63, 3.8) is 0 Å². The van der Waals surface area contributed by atoms with Crippen molar-refractivity contribution < 1.29 is 22.8 Å². The Morgan fingerprint density at radius 1 is 1.15 bits per heavy atom. The van der Waals surface area contributed by atoms with Gasteiger partial charge in [0.15, 0.2) is 17.5 Å². The molecule has 108 valence electrons. The number of likely N-dealkylation sites (tertiary alicyclic amines) is 1. The van der Waals surface area contributed by atoms with Gasteiger partial charge in [-0.1, -0.05) is 0 Å². The summed E-state index contributed by atoms with van der Waals surface area (Å²) < 4.78 is 39.2. The Labute approximate surface area is 113 Å². The molecule has 20 heavy (non-hydrogen) atoms. The van der Waals surface area contributed by atoms with Crippen LogP contribution in [-0.2, 0) is 4.79 Å². The normalized spacial score (nSPS) is 18.9. The van der Waals surface area contributed by atoms with Gasteiger partial charge in [0, 0.05) is 12.1 Å². The summed E-state index contributed by atoms with van der Waals surface area (Å²) in [6.45, 7) is 0.271. The molecule has 0 radical (unpaired) electrons. The van der Waals surface area contributed by atoms with Gasteiger partial charge in [0.1, 0.15) is 6.04 Å². The second-order valence-corrected chi connectivity index (χ2v) is 4.67. The first kappa shape index (κ1) is 14.4. The van der Waals surface area contributed by atoms with Crippen molar-refractivity contribution in [3.8, 4) is 0 Å². The summed E-state index contributed by atoms with van der Waals surface area (Å²) in [7, 11) is 0. The lowest BCUT2D eigenvalue weighted by molar-refractivity contribution is -0.123. The fourth-order valence-corrected chi connectivity index (χ4v) is 2.32. The van der Waals surface area contributed by atoms with Gasteiger partial charge in [0.2, 0.25) is 5.91 Å². The minimum Gasteiger partial charge on any atom is -0.368 e. The number of hydrogen-bond acceptors (Lipinski definition) is 2. The highest BCUT2D eigenvalue weighted by Gasteiger charge is 2.31. The first-order chi connectivity index (χ1) is 9.41. The zero-order chi connectivity index (χ0) is 14.9. The van der Waals surface area contributed by atoms with Crippen LogP contribution in [-0.4, -0.2) is 29.3 Å². The SMILES string of the molecule is NC(=O)C1CCCCN1C(=O)c1cc(F)c(F)c(F)c1. The number of primary amides is 1. The average molecular weight is 286 g/mol. The van der Waals surface area contributed by atoms with Crippen LogP contribution < -0.4 is 5.73 Å². The van der Waals surface area contributed by atoms with Crippen LogP contribution in [0.5, 0.6) is 0 Å². The lowest BCUT2D eigenvalue weighted by Crippen LogP contribution is -2.50. The number of carbonyl (C=O) groups is 2. The Kier molecular flexibility index (Phi) is 3.96. The molecule has 1 unspecified atom stereocenters. The molecule has 0 spiro atoms. The van der Waals surface area contributed by atoms with Crippen molar-refractivity contribution in [1.82, 2.24) is 4.90 Å². The molecule has 7 heteroatoms. The van der Waals surface area contributed by atoms with E-state index in [1.54, 1.807) is 0 Å². The number of nitrogens with zero attached hydrogens (tertiary/aromatic N) is 1. The molecule has 2 N–H and O–H groups in total. The molecule has 2 rings (SSSR count). The lowest BCUT2D eigenvalue weighted by Gasteiger charge is -2.33. The van der Waals surface area contributed by atoms with E-state index in [1.165, 1.54) is 4.90 Å². The van der Waals surface area contributed by atoms with Crippen molar-refractivity contribution in [2.75, 3.05) is 6.54 Å². The molecule has 0 saturated carbocycles. The summed E-state index contributed by atoms with van der Waals surface area (Å²) >= 11 is 0. The molecule has 1 saturated heterocycles. The van der Waals surface area contributed by atoms with Gasteiger partial charge in [0.05, 0.1) is 0 Å². The lowest BCUT2D eigenvalue weighted by atomic mass is 10.00. The molecule has 0 aliphatic carbocycles. The molecule has 1 heterocycles. The minimum atomic E-state index is -1.63. The molecule has 1 fully saturated rings. The summed E-state index contributed by atoms with van der Waals surface area (Å²) in [5.74, 6) is -5.92. The van der Waals surface area contributed by atoms with E-state index in [4.69, 9.17) is 5.73 Å². The molecule has 1 atom stereocenters. The first-order valence-corrected chi connectivity index (χ1v) is 6.16. The van der Waals surface area contributed by atoms with Crippen LogP contribution in [0.25, 0.3) is 0 Å². The van der Waals surface area contributed by atoms with Gasteiger partial charge in [-0.3, -0.25) is 9.59 Å². The third-order valence-electron chi connectivity index (χ3n) is 3.32. The van der Waals surface area contributed by atoms with Gasteiger partial charge in [0.25, 0.3) is 5.91 Å². The van der Waals surface area contributed by atoms with Gasteiger partial charge in [-0.05, 0) is 31.4 Å². The Balaban J connectivity index is 2.32. The Morgan fingerprint density at radius 3 is 2.30 bits per heavy atom. The fourth-order valence-electron chi connectivity index (χ4n) is 2.32. The standard InChI is InChI=1S/C13H13F3N2O2/c14-8-5-7(6-9(15)11(8)16)13(20)18-4-2-1-3-10(18)12(17)19/h5-6,10H,1-4H2,(H2,17,19). The van der Waals surface area contributed by atoms with E-state index >= 15 is 0 Å². The van der Waals surface area contributed by atoms with Crippen LogP contribution in [0.1, 0.15) is 29.6 Å². The summed E-state index contributed by atoms with van der Waals surface area (Å²) in [5, 5.41) is 0. The van der Waals surface area contributed by atoms with Gasteiger partial charge in [-0.25, -0.2) is 13.2 Å². The summed E-state index contributed by atoms with van der Waals surface area (Å²) in [6.07, 6.45) is 1.82. The zero-order valence-corrected chi connectivity index (χ0v) is 10.5. The average Bonchev–Trinajstić information content (AvgIpc) is 2.43. The molecule has 2 amide bonds. The van der Waals surface area contributed by atoms with Gasteiger partial charge < -0.3 is 10.6 Å². The molecule has 4 nitrogen and oxygen atoms in total. The third-order valence-corrected chi connectivity index (χ3v) is 3.32. The largest absolute Gasteiger partial charge is 0.368 e. The Morgan fingerprint density at radius 2 is 1.75 bits per heavy atom. The van der Waals surface area contributed by atoms with Crippen LogP contribution in [0.2, 0.25) is 0 Å². The highest BCUT2D eigenvalue weighted by Crippen LogP contribution is 2.21. The number of carbonyl (C=O) groups excluding carboxylic acids is 2. The van der Waals surface area contributed by atoms with Crippen molar-refractivity contribution in [3.05, 3.63) is 35.1 Å². The molecule has 1 aliphatic heterocycles. The summed E-state index contributed by atoms with van der Waals surface area (Å²) in [4.78, 5) is 24.7. The Hall–Kier alpha value is -2.05. The van der Waals surface area contributed by atoms with Crippen molar-refractivity contribution in [2.45, 2.75) is 25.3 Å². The second kappa shape index (κ2) is 5.52. The number of nitrogens with two attached hydrogens (primary N) is 1. The fraction of sp³-hybridized carbons (Fsp3) is 0.385. The summed E-state index contributed by atoms with van der Waals surface area (Å²) in [6, 6.07) is 0.438. The number of benzene rings is 1. The highest BCUT2D eigenvalue weighted by molar-refractivity contribution is 5.97. The summed E-state index contributed by atoms with van der Waals surface area (Å²) in [5.41, 5.74) is 4.88. The molecule has 0 bridgehead atoms. The van der Waals surface area contributed by atoms with Crippen LogP contribution >= 0.6 is 0 Å². The number of halogens is 3. The zero-order valence-electron chi connectivity index (χ0n) is 10.5. The van der Waals surface area contributed by atoms with E-state index in [9.17, 15) is 22.8 Å². The van der Waals surface area contributed by atoms with Gasteiger partial charge in [-0.15, -0.1) is 0 Å². The predicted molar refractivity (Wildman–Crippen MR) is 64.2 cm³/mol. The van der Waals surface area contributed by atoms with Crippen molar-refractivity contribution in [1.29, 1.82) is 0 Å². The number of hydrogen-bond donors (Lipinski definition) is 1.